The number of hydrogen-bond acceptors (Lipinski definition) is 3. The van der Waals surface area contributed by atoms with E-state index in [0.29, 0.717) is 19.4 Å². The van der Waals surface area contributed by atoms with Gasteiger partial charge in [-0.25, -0.2) is 0 Å². The van der Waals surface area contributed by atoms with Gasteiger partial charge in [-0.05, 0) is 17.7 Å². The molecule has 1 aromatic rings. The molecule has 1 saturated heterocycles. The van der Waals surface area contributed by atoms with E-state index in [1.807, 2.05) is 24.3 Å². The summed E-state index contributed by atoms with van der Waals surface area (Å²) in [5, 5.41) is 17.6. The lowest BCUT2D eigenvalue weighted by atomic mass is 10.1. The van der Waals surface area contributed by atoms with Crippen molar-refractivity contribution in [1.29, 1.82) is 5.26 Å². The van der Waals surface area contributed by atoms with Gasteiger partial charge < -0.3 is 10.0 Å². The van der Waals surface area contributed by atoms with E-state index in [9.17, 15) is 4.79 Å². The molecule has 1 heterocycles. The first-order valence-electron chi connectivity index (χ1n) is 5.61. The van der Waals surface area contributed by atoms with E-state index in [0.717, 1.165) is 11.3 Å². The molecule has 88 valence electrons. The van der Waals surface area contributed by atoms with Crippen molar-refractivity contribution >= 4 is 11.6 Å². The second-order valence-corrected chi connectivity index (χ2v) is 4.26. The van der Waals surface area contributed by atoms with Gasteiger partial charge in [-0.15, -0.1) is 0 Å². The molecule has 0 radical (unpaired) electrons. The summed E-state index contributed by atoms with van der Waals surface area (Å²) in [6.45, 7) is 0.627. The van der Waals surface area contributed by atoms with Gasteiger partial charge in [0.15, 0.2) is 0 Å². The second kappa shape index (κ2) is 4.98. The standard InChI is InChI=1S/C13H14N2O2/c14-6-5-10-1-3-12(4-2-10)15-8-11(9-16)7-13(15)17/h1-4,11,16H,5,7-9H2. The van der Waals surface area contributed by atoms with E-state index in [-0.39, 0.29) is 18.4 Å². The molecule has 0 spiro atoms. The van der Waals surface area contributed by atoms with Crippen molar-refractivity contribution in [2.75, 3.05) is 18.1 Å². The van der Waals surface area contributed by atoms with Crippen molar-refractivity contribution < 1.29 is 9.90 Å². The van der Waals surface area contributed by atoms with E-state index in [2.05, 4.69) is 6.07 Å². The zero-order valence-corrected chi connectivity index (χ0v) is 9.47. The summed E-state index contributed by atoms with van der Waals surface area (Å²) in [5.41, 5.74) is 1.79. The Morgan fingerprint density at radius 2 is 2.12 bits per heavy atom. The largest absolute Gasteiger partial charge is 0.396 e. The average Bonchev–Trinajstić information content (AvgIpc) is 2.72. The van der Waals surface area contributed by atoms with E-state index >= 15 is 0 Å². The van der Waals surface area contributed by atoms with Crippen LogP contribution < -0.4 is 4.90 Å². The molecule has 1 N–H and O–H groups in total. The van der Waals surface area contributed by atoms with E-state index in [1.54, 1.807) is 4.90 Å². The molecule has 2 rings (SSSR count). The highest BCUT2D eigenvalue weighted by Crippen LogP contribution is 2.25. The van der Waals surface area contributed by atoms with Crippen LogP contribution in [0.2, 0.25) is 0 Å². The third kappa shape index (κ3) is 2.45. The molecule has 1 aromatic carbocycles. The Hall–Kier alpha value is -1.86. The summed E-state index contributed by atoms with van der Waals surface area (Å²) >= 11 is 0. The lowest BCUT2D eigenvalue weighted by Crippen LogP contribution is -2.24. The summed E-state index contributed by atoms with van der Waals surface area (Å²) in [6, 6.07) is 9.51. The minimum atomic E-state index is 0.0429. The van der Waals surface area contributed by atoms with Crippen LogP contribution in [0.25, 0.3) is 0 Å². The fraction of sp³-hybridized carbons (Fsp3) is 0.385. The predicted molar refractivity (Wildman–Crippen MR) is 63.3 cm³/mol. The molecule has 0 saturated carbocycles. The molecule has 1 amide bonds. The van der Waals surface area contributed by atoms with Crippen molar-refractivity contribution in [3.8, 4) is 6.07 Å². The van der Waals surface area contributed by atoms with Gasteiger partial charge in [0.05, 0.1) is 12.5 Å². The monoisotopic (exact) mass is 230 g/mol. The quantitative estimate of drug-likeness (QED) is 0.845. The molecular formula is C13H14N2O2. The van der Waals surface area contributed by atoms with Crippen molar-refractivity contribution in [2.45, 2.75) is 12.8 Å². The van der Waals surface area contributed by atoms with Gasteiger partial charge in [0.2, 0.25) is 5.91 Å². The van der Waals surface area contributed by atoms with Crippen molar-refractivity contribution in [3.63, 3.8) is 0 Å². The van der Waals surface area contributed by atoms with Crippen LogP contribution in [0.5, 0.6) is 0 Å². The maximum atomic E-state index is 11.7. The molecule has 1 atom stereocenters. The van der Waals surface area contributed by atoms with Crippen molar-refractivity contribution in [1.82, 2.24) is 0 Å². The zero-order chi connectivity index (χ0) is 12.3. The number of hydrogen-bond donors (Lipinski definition) is 1. The fourth-order valence-corrected chi connectivity index (χ4v) is 2.04. The van der Waals surface area contributed by atoms with Crippen LogP contribution in [-0.2, 0) is 11.2 Å². The number of rotatable bonds is 3. The third-order valence-corrected chi connectivity index (χ3v) is 2.99. The molecule has 4 nitrogen and oxygen atoms in total. The third-order valence-electron chi connectivity index (χ3n) is 2.99. The molecule has 1 aliphatic heterocycles. The summed E-state index contributed by atoms with van der Waals surface area (Å²) in [6.07, 6.45) is 0.796. The highest BCUT2D eigenvalue weighted by molar-refractivity contribution is 5.95. The highest BCUT2D eigenvalue weighted by Gasteiger charge is 2.29. The maximum absolute atomic E-state index is 11.7. The second-order valence-electron chi connectivity index (χ2n) is 4.26. The SMILES string of the molecule is N#CCc1ccc(N2CC(CO)CC2=O)cc1. The zero-order valence-electron chi connectivity index (χ0n) is 9.47. The Morgan fingerprint density at radius 1 is 1.41 bits per heavy atom. The maximum Gasteiger partial charge on any atom is 0.227 e. The Morgan fingerprint density at radius 3 is 2.65 bits per heavy atom. The minimum Gasteiger partial charge on any atom is -0.396 e. The van der Waals surface area contributed by atoms with Crippen LogP contribution in [0.3, 0.4) is 0 Å². The van der Waals surface area contributed by atoms with Crippen LogP contribution in [0.4, 0.5) is 5.69 Å². The first-order chi connectivity index (χ1) is 8.24. The Kier molecular flexibility index (Phi) is 3.40. The van der Waals surface area contributed by atoms with Crippen molar-refractivity contribution in [3.05, 3.63) is 29.8 Å². The molecular weight excluding hydrogens is 216 g/mol. The number of nitriles is 1. The summed E-state index contributed by atoms with van der Waals surface area (Å²) in [7, 11) is 0. The van der Waals surface area contributed by atoms with Gasteiger partial charge >= 0.3 is 0 Å². The van der Waals surface area contributed by atoms with Crippen molar-refractivity contribution in [2.24, 2.45) is 5.92 Å². The number of anilines is 1. The number of carbonyl (C=O) groups excluding carboxylic acids is 1. The first-order valence-corrected chi connectivity index (χ1v) is 5.61. The number of amides is 1. The van der Waals surface area contributed by atoms with E-state index in [4.69, 9.17) is 10.4 Å². The highest BCUT2D eigenvalue weighted by atomic mass is 16.3. The lowest BCUT2D eigenvalue weighted by Gasteiger charge is -2.16. The molecule has 17 heavy (non-hydrogen) atoms. The average molecular weight is 230 g/mol. The van der Waals surface area contributed by atoms with Crippen LogP contribution >= 0.6 is 0 Å². The fourth-order valence-electron chi connectivity index (χ4n) is 2.04. The van der Waals surface area contributed by atoms with E-state index in [1.165, 1.54) is 0 Å². The van der Waals surface area contributed by atoms with Gasteiger partial charge in [-0.3, -0.25) is 4.79 Å². The van der Waals surface area contributed by atoms with Gasteiger partial charge in [-0.2, -0.15) is 5.26 Å². The Labute approximate surface area is 100 Å². The molecule has 1 fully saturated rings. The molecule has 0 bridgehead atoms. The van der Waals surface area contributed by atoms with Crippen LogP contribution in [0, 0.1) is 17.2 Å². The molecule has 1 aliphatic rings. The first kappa shape index (κ1) is 11.6. The minimum absolute atomic E-state index is 0.0429. The van der Waals surface area contributed by atoms with Gasteiger partial charge in [0.25, 0.3) is 0 Å². The van der Waals surface area contributed by atoms with Crippen LogP contribution in [0.15, 0.2) is 24.3 Å². The Balaban J connectivity index is 2.13. The summed E-state index contributed by atoms with van der Waals surface area (Å²) < 4.78 is 0. The number of aliphatic hydroxyl groups excluding tert-OH is 1. The number of carbonyl (C=O) groups is 1. The van der Waals surface area contributed by atoms with Gasteiger partial charge in [0, 0.05) is 31.2 Å². The van der Waals surface area contributed by atoms with Gasteiger partial charge in [0.1, 0.15) is 0 Å². The number of nitrogens with zero attached hydrogens (tertiary/aromatic N) is 2. The molecule has 1 unspecified atom stereocenters. The molecule has 0 aromatic heterocycles. The molecule has 0 aliphatic carbocycles. The van der Waals surface area contributed by atoms with Crippen LogP contribution in [0.1, 0.15) is 12.0 Å². The number of benzene rings is 1. The van der Waals surface area contributed by atoms with Gasteiger partial charge in [-0.1, -0.05) is 12.1 Å². The topological polar surface area (TPSA) is 64.3 Å². The number of aliphatic hydroxyl groups is 1. The van der Waals surface area contributed by atoms with Crippen LogP contribution in [-0.4, -0.2) is 24.2 Å². The molecule has 4 heteroatoms. The predicted octanol–water partition coefficient (Wildman–Crippen LogP) is 1.10. The Bertz CT molecular complexity index is 447. The smallest absolute Gasteiger partial charge is 0.227 e. The summed E-state index contributed by atoms with van der Waals surface area (Å²) in [5.74, 6) is 0.0957. The van der Waals surface area contributed by atoms with E-state index < -0.39 is 0 Å². The summed E-state index contributed by atoms with van der Waals surface area (Å²) in [4.78, 5) is 13.4. The lowest BCUT2D eigenvalue weighted by molar-refractivity contribution is -0.117. The normalized spacial score (nSPS) is 19.4.